The van der Waals surface area contributed by atoms with Gasteiger partial charge in [-0.15, -0.1) is 0 Å². The molecule has 0 saturated carbocycles. The smallest absolute Gasteiger partial charge is 0.0826 e. The second kappa shape index (κ2) is 6.71. The minimum atomic E-state index is 0.260. The SMILES string of the molecule is CN(Cc1ccc(Cl)c2cccnc12)CC1CNCCO1. The number of fused-ring (bicyclic) bond motifs is 1. The van der Waals surface area contributed by atoms with E-state index in [0.717, 1.165) is 48.7 Å². The van der Waals surface area contributed by atoms with Gasteiger partial charge in [-0.05, 0) is 30.8 Å². The van der Waals surface area contributed by atoms with Crippen LogP contribution in [0.3, 0.4) is 0 Å². The Bertz CT molecular complexity index is 613. The minimum Gasteiger partial charge on any atom is -0.374 e. The molecule has 1 saturated heterocycles. The molecule has 1 aromatic carbocycles. The van der Waals surface area contributed by atoms with Gasteiger partial charge in [-0.25, -0.2) is 0 Å². The number of pyridine rings is 1. The van der Waals surface area contributed by atoms with Crippen molar-refractivity contribution in [2.24, 2.45) is 0 Å². The molecule has 0 amide bonds. The molecular weight excluding hydrogens is 286 g/mol. The summed E-state index contributed by atoms with van der Waals surface area (Å²) in [6, 6.07) is 7.95. The summed E-state index contributed by atoms with van der Waals surface area (Å²) in [4.78, 5) is 6.76. The molecule has 1 unspecified atom stereocenters. The van der Waals surface area contributed by atoms with Crippen molar-refractivity contribution in [1.29, 1.82) is 0 Å². The topological polar surface area (TPSA) is 37.4 Å². The first-order valence-corrected chi connectivity index (χ1v) is 7.65. The molecule has 0 aliphatic carbocycles. The first-order chi connectivity index (χ1) is 10.2. The van der Waals surface area contributed by atoms with Crippen LogP contribution >= 0.6 is 11.6 Å². The zero-order valence-corrected chi connectivity index (χ0v) is 12.9. The molecule has 0 radical (unpaired) electrons. The number of hydrogen-bond donors (Lipinski definition) is 1. The number of hydrogen-bond acceptors (Lipinski definition) is 4. The monoisotopic (exact) mass is 305 g/mol. The summed E-state index contributed by atoms with van der Waals surface area (Å²) in [5, 5.41) is 5.13. The molecule has 1 fully saturated rings. The summed E-state index contributed by atoms with van der Waals surface area (Å²) >= 11 is 6.24. The first-order valence-electron chi connectivity index (χ1n) is 7.27. The maximum atomic E-state index is 6.24. The summed E-state index contributed by atoms with van der Waals surface area (Å²) in [6.07, 6.45) is 2.08. The van der Waals surface area contributed by atoms with Crippen molar-refractivity contribution < 1.29 is 4.74 Å². The summed E-state index contributed by atoms with van der Waals surface area (Å²) in [5.41, 5.74) is 2.18. The predicted molar refractivity (Wildman–Crippen MR) is 85.7 cm³/mol. The van der Waals surface area contributed by atoms with Crippen molar-refractivity contribution in [3.8, 4) is 0 Å². The number of aromatic nitrogens is 1. The lowest BCUT2D eigenvalue weighted by atomic mass is 10.1. The second-order valence-electron chi connectivity index (χ2n) is 5.50. The van der Waals surface area contributed by atoms with E-state index in [0.29, 0.717) is 0 Å². The van der Waals surface area contributed by atoms with Gasteiger partial charge in [-0.2, -0.15) is 0 Å². The molecule has 1 atom stereocenters. The molecule has 0 bridgehead atoms. The van der Waals surface area contributed by atoms with E-state index in [1.165, 1.54) is 5.56 Å². The van der Waals surface area contributed by atoms with Gasteiger partial charge in [0.05, 0.1) is 18.2 Å². The van der Waals surface area contributed by atoms with Gasteiger partial charge in [0.2, 0.25) is 0 Å². The largest absolute Gasteiger partial charge is 0.374 e. The van der Waals surface area contributed by atoms with Gasteiger partial charge < -0.3 is 10.1 Å². The zero-order valence-electron chi connectivity index (χ0n) is 12.2. The fourth-order valence-electron chi connectivity index (χ4n) is 2.76. The summed E-state index contributed by atoms with van der Waals surface area (Å²) in [6.45, 7) is 4.41. The highest BCUT2D eigenvalue weighted by Crippen LogP contribution is 2.25. The van der Waals surface area contributed by atoms with Crippen LogP contribution in [-0.2, 0) is 11.3 Å². The van der Waals surface area contributed by atoms with Crippen molar-refractivity contribution in [1.82, 2.24) is 15.2 Å². The Hall–Kier alpha value is -1.20. The van der Waals surface area contributed by atoms with E-state index >= 15 is 0 Å². The Morgan fingerprint density at radius 3 is 3.14 bits per heavy atom. The highest BCUT2D eigenvalue weighted by atomic mass is 35.5. The number of ether oxygens (including phenoxy) is 1. The molecule has 2 heterocycles. The van der Waals surface area contributed by atoms with Crippen LogP contribution in [0.15, 0.2) is 30.5 Å². The third-order valence-corrected chi connectivity index (χ3v) is 4.09. The van der Waals surface area contributed by atoms with Crippen LogP contribution in [0.5, 0.6) is 0 Å². The Morgan fingerprint density at radius 1 is 1.43 bits per heavy atom. The summed E-state index contributed by atoms with van der Waals surface area (Å²) in [7, 11) is 2.11. The van der Waals surface area contributed by atoms with E-state index in [9.17, 15) is 0 Å². The van der Waals surface area contributed by atoms with E-state index in [-0.39, 0.29) is 6.10 Å². The number of rotatable bonds is 4. The maximum absolute atomic E-state index is 6.24. The van der Waals surface area contributed by atoms with Crippen LogP contribution in [0.1, 0.15) is 5.56 Å². The highest BCUT2D eigenvalue weighted by molar-refractivity contribution is 6.35. The molecule has 1 N–H and O–H groups in total. The lowest BCUT2D eigenvalue weighted by Crippen LogP contribution is -2.44. The average Bonchev–Trinajstić information content (AvgIpc) is 2.51. The van der Waals surface area contributed by atoms with Gasteiger partial charge >= 0.3 is 0 Å². The Labute approximate surface area is 130 Å². The van der Waals surface area contributed by atoms with Crippen LogP contribution in [0.2, 0.25) is 5.02 Å². The number of nitrogens with one attached hydrogen (secondary N) is 1. The van der Waals surface area contributed by atoms with E-state index in [4.69, 9.17) is 16.3 Å². The number of benzene rings is 1. The van der Waals surface area contributed by atoms with E-state index in [1.807, 2.05) is 24.4 Å². The first kappa shape index (κ1) is 14.7. The maximum Gasteiger partial charge on any atom is 0.0826 e. The fourth-order valence-corrected chi connectivity index (χ4v) is 2.98. The highest BCUT2D eigenvalue weighted by Gasteiger charge is 2.16. The summed E-state index contributed by atoms with van der Waals surface area (Å²) < 4.78 is 5.75. The fraction of sp³-hybridized carbons (Fsp3) is 0.438. The van der Waals surface area contributed by atoms with Crippen molar-refractivity contribution >= 4 is 22.5 Å². The normalized spacial score (nSPS) is 19.3. The molecule has 21 heavy (non-hydrogen) atoms. The van der Waals surface area contributed by atoms with Crippen LogP contribution in [0.4, 0.5) is 0 Å². The standard InChI is InChI=1S/C16H20ClN3O/c1-20(11-13-9-18-7-8-21-13)10-12-4-5-15(17)14-3-2-6-19-16(12)14/h2-6,13,18H,7-11H2,1H3. The zero-order chi connectivity index (χ0) is 14.7. The Morgan fingerprint density at radius 2 is 2.33 bits per heavy atom. The molecule has 5 heteroatoms. The second-order valence-corrected chi connectivity index (χ2v) is 5.91. The number of halogens is 1. The van der Waals surface area contributed by atoms with Gasteiger partial charge in [0.25, 0.3) is 0 Å². The molecule has 2 aromatic rings. The van der Waals surface area contributed by atoms with E-state index in [2.05, 4.69) is 28.3 Å². The van der Waals surface area contributed by atoms with Gasteiger partial charge in [-0.1, -0.05) is 17.7 Å². The molecule has 1 aromatic heterocycles. The van der Waals surface area contributed by atoms with Crippen LogP contribution in [0.25, 0.3) is 10.9 Å². The van der Waals surface area contributed by atoms with Crippen molar-refractivity contribution in [3.63, 3.8) is 0 Å². The Balaban J connectivity index is 1.73. The molecule has 3 rings (SSSR count). The average molecular weight is 306 g/mol. The third-order valence-electron chi connectivity index (χ3n) is 3.76. The predicted octanol–water partition coefficient (Wildman–Crippen LogP) is 2.31. The number of nitrogens with zero attached hydrogens (tertiary/aromatic N) is 2. The van der Waals surface area contributed by atoms with E-state index < -0.39 is 0 Å². The van der Waals surface area contributed by atoms with Crippen LogP contribution < -0.4 is 5.32 Å². The third kappa shape index (κ3) is 3.52. The molecule has 1 aliphatic rings. The molecule has 4 nitrogen and oxygen atoms in total. The molecule has 1 aliphatic heterocycles. The van der Waals surface area contributed by atoms with Crippen molar-refractivity contribution in [2.45, 2.75) is 12.6 Å². The van der Waals surface area contributed by atoms with Gasteiger partial charge in [-0.3, -0.25) is 9.88 Å². The van der Waals surface area contributed by atoms with E-state index in [1.54, 1.807) is 0 Å². The lowest BCUT2D eigenvalue weighted by molar-refractivity contribution is 0.00890. The van der Waals surface area contributed by atoms with Gasteiger partial charge in [0, 0.05) is 42.8 Å². The van der Waals surface area contributed by atoms with Crippen LogP contribution in [-0.4, -0.2) is 49.3 Å². The quantitative estimate of drug-likeness (QED) is 0.940. The Kier molecular flexibility index (Phi) is 4.70. The lowest BCUT2D eigenvalue weighted by Gasteiger charge is -2.28. The molecule has 112 valence electrons. The van der Waals surface area contributed by atoms with Crippen molar-refractivity contribution in [3.05, 3.63) is 41.0 Å². The van der Waals surface area contributed by atoms with Gasteiger partial charge in [0.15, 0.2) is 0 Å². The van der Waals surface area contributed by atoms with Gasteiger partial charge in [0.1, 0.15) is 0 Å². The van der Waals surface area contributed by atoms with Crippen molar-refractivity contribution in [2.75, 3.05) is 33.3 Å². The van der Waals surface area contributed by atoms with Crippen LogP contribution in [0, 0.1) is 0 Å². The number of morpholine rings is 1. The number of likely N-dealkylation sites (N-methyl/N-ethyl adjacent to an activating group) is 1. The molecular formula is C16H20ClN3O. The minimum absolute atomic E-state index is 0.260. The molecule has 0 spiro atoms. The summed E-state index contributed by atoms with van der Waals surface area (Å²) in [5.74, 6) is 0.